The van der Waals surface area contributed by atoms with E-state index >= 15 is 0 Å². The molecule has 94 valence electrons. The minimum absolute atomic E-state index is 0.144. The lowest BCUT2D eigenvalue weighted by molar-refractivity contribution is 0.368. The van der Waals surface area contributed by atoms with Gasteiger partial charge < -0.3 is 14.9 Å². The predicted molar refractivity (Wildman–Crippen MR) is 62.9 cm³/mol. The fraction of sp³-hybridized carbons (Fsp3) is 0.0909. The van der Waals surface area contributed by atoms with E-state index in [0.717, 1.165) is 0 Å². The summed E-state index contributed by atoms with van der Waals surface area (Å²) >= 11 is 0. The van der Waals surface area contributed by atoms with Gasteiger partial charge in [-0.1, -0.05) is 6.07 Å². The minimum atomic E-state index is -0.405. The van der Waals surface area contributed by atoms with Gasteiger partial charge in [0.15, 0.2) is 5.82 Å². The average Bonchev–Trinajstić information content (AvgIpc) is 2.38. The second kappa shape index (κ2) is 5.28. The number of ether oxygens (including phenoxy) is 2. The van der Waals surface area contributed by atoms with Crippen LogP contribution in [0.2, 0.25) is 0 Å². The molecule has 0 unspecified atom stereocenters. The smallest absolute Gasteiger partial charge is 0.268 e. The van der Waals surface area contributed by atoms with E-state index in [9.17, 15) is 4.39 Å². The van der Waals surface area contributed by atoms with Crippen LogP contribution in [0, 0.1) is 5.82 Å². The molecule has 2 rings (SSSR count). The van der Waals surface area contributed by atoms with Gasteiger partial charge in [0.05, 0.1) is 7.11 Å². The predicted octanol–water partition coefficient (Wildman–Crippen LogP) is 1.70. The summed E-state index contributed by atoms with van der Waals surface area (Å²) in [4.78, 5) is 7.77. The lowest BCUT2D eigenvalue weighted by atomic mass is 10.3. The highest BCUT2D eigenvalue weighted by Crippen LogP contribution is 2.33. The quantitative estimate of drug-likeness (QED) is 0.635. The number of hydrazine groups is 1. The van der Waals surface area contributed by atoms with E-state index in [-0.39, 0.29) is 17.4 Å². The molecule has 0 aliphatic carbocycles. The van der Waals surface area contributed by atoms with Gasteiger partial charge in [0.2, 0.25) is 5.75 Å². The first-order chi connectivity index (χ1) is 8.74. The average molecular weight is 250 g/mol. The second-order valence-corrected chi connectivity index (χ2v) is 3.26. The first-order valence-corrected chi connectivity index (χ1v) is 5.03. The van der Waals surface area contributed by atoms with E-state index in [4.69, 9.17) is 15.3 Å². The van der Waals surface area contributed by atoms with Gasteiger partial charge in [0, 0.05) is 6.07 Å². The zero-order chi connectivity index (χ0) is 13.0. The molecule has 0 saturated heterocycles. The second-order valence-electron chi connectivity index (χ2n) is 3.26. The molecule has 0 saturated carbocycles. The van der Waals surface area contributed by atoms with Crippen molar-refractivity contribution in [1.29, 1.82) is 0 Å². The Morgan fingerprint density at radius 2 is 2.17 bits per heavy atom. The van der Waals surface area contributed by atoms with E-state index in [1.54, 1.807) is 6.07 Å². The van der Waals surface area contributed by atoms with E-state index in [0.29, 0.717) is 5.75 Å². The van der Waals surface area contributed by atoms with Crippen molar-refractivity contribution in [3.05, 3.63) is 36.4 Å². The monoisotopic (exact) mass is 250 g/mol. The van der Waals surface area contributed by atoms with Crippen LogP contribution in [0.15, 0.2) is 30.6 Å². The number of nitrogens with two attached hydrogens (primary N) is 1. The molecule has 0 aliphatic heterocycles. The summed E-state index contributed by atoms with van der Waals surface area (Å²) in [7, 11) is 1.43. The fourth-order valence-electron chi connectivity index (χ4n) is 1.36. The van der Waals surface area contributed by atoms with Crippen molar-refractivity contribution in [2.75, 3.05) is 12.5 Å². The maximum absolute atomic E-state index is 13.0. The van der Waals surface area contributed by atoms with Crippen LogP contribution in [-0.2, 0) is 0 Å². The van der Waals surface area contributed by atoms with E-state index in [2.05, 4.69) is 15.4 Å². The number of aromatic nitrogens is 2. The van der Waals surface area contributed by atoms with Crippen molar-refractivity contribution >= 4 is 5.82 Å². The molecule has 2 aromatic rings. The number of hydrogen-bond donors (Lipinski definition) is 2. The largest absolute Gasteiger partial charge is 0.489 e. The molecule has 6 nitrogen and oxygen atoms in total. The molecular weight excluding hydrogens is 239 g/mol. The first kappa shape index (κ1) is 12.1. The lowest BCUT2D eigenvalue weighted by Crippen LogP contribution is -2.10. The number of halogens is 1. The Bertz CT molecular complexity index is 550. The van der Waals surface area contributed by atoms with Gasteiger partial charge in [-0.25, -0.2) is 15.2 Å². The van der Waals surface area contributed by atoms with Crippen LogP contribution in [0.1, 0.15) is 0 Å². The number of nitrogen functional groups attached to an aromatic ring is 1. The Morgan fingerprint density at radius 3 is 2.83 bits per heavy atom. The summed E-state index contributed by atoms with van der Waals surface area (Å²) in [5.74, 6) is 5.83. The molecule has 0 aliphatic rings. The molecule has 0 spiro atoms. The molecule has 7 heteroatoms. The fourth-order valence-corrected chi connectivity index (χ4v) is 1.36. The molecule has 1 aromatic heterocycles. The number of nitrogens with zero attached hydrogens (tertiary/aromatic N) is 2. The number of methoxy groups -OCH3 is 1. The molecule has 0 amide bonds. The first-order valence-electron chi connectivity index (χ1n) is 5.03. The van der Waals surface area contributed by atoms with Gasteiger partial charge in [-0.05, 0) is 12.1 Å². The highest BCUT2D eigenvalue weighted by Gasteiger charge is 2.13. The zero-order valence-corrected chi connectivity index (χ0v) is 9.55. The maximum atomic E-state index is 13.0. The van der Waals surface area contributed by atoms with Crippen molar-refractivity contribution in [2.24, 2.45) is 5.84 Å². The van der Waals surface area contributed by atoms with Gasteiger partial charge in [-0.2, -0.15) is 4.98 Å². The number of rotatable bonds is 4. The van der Waals surface area contributed by atoms with Gasteiger partial charge in [-0.3, -0.25) is 0 Å². The summed E-state index contributed by atoms with van der Waals surface area (Å²) in [6.07, 6.45) is 1.26. The Hall–Kier alpha value is -2.41. The zero-order valence-electron chi connectivity index (χ0n) is 9.55. The standard InChI is InChI=1S/C11H11FN4O2/c1-17-9-10(16-13)14-6-15-11(9)18-8-4-2-3-7(12)5-8/h2-6H,13H2,1H3,(H,14,15,16). The van der Waals surface area contributed by atoms with E-state index in [1.807, 2.05) is 0 Å². The highest BCUT2D eigenvalue weighted by atomic mass is 19.1. The van der Waals surface area contributed by atoms with Crippen LogP contribution >= 0.6 is 0 Å². The van der Waals surface area contributed by atoms with Crippen LogP contribution in [-0.4, -0.2) is 17.1 Å². The molecule has 1 aromatic carbocycles. The molecule has 0 radical (unpaired) electrons. The van der Waals surface area contributed by atoms with Crippen LogP contribution < -0.4 is 20.7 Å². The van der Waals surface area contributed by atoms with Crippen molar-refractivity contribution < 1.29 is 13.9 Å². The molecular formula is C11H11FN4O2. The number of anilines is 1. The number of nitrogens with one attached hydrogen (secondary N) is 1. The molecule has 0 fully saturated rings. The van der Waals surface area contributed by atoms with Crippen LogP contribution in [0.25, 0.3) is 0 Å². The van der Waals surface area contributed by atoms with Gasteiger partial charge in [0.25, 0.3) is 5.88 Å². The number of hydrogen-bond acceptors (Lipinski definition) is 6. The molecule has 18 heavy (non-hydrogen) atoms. The third-order valence-electron chi connectivity index (χ3n) is 2.12. The summed E-state index contributed by atoms with van der Waals surface area (Å²) in [6, 6.07) is 5.68. The van der Waals surface area contributed by atoms with Gasteiger partial charge >= 0.3 is 0 Å². The minimum Gasteiger partial charge on any atom is -0.489 e. The third kappa shape index (κ3) is 2.46. The Balaban J connectivity index is 2.34. The Morgan fingerprint density at radius 1 is 1.33 bits per heavy atom. The molecule has 3 N–H and O–H groups in total. The SMILES string of the molecule is COc1c(NN)ncnc1Oc1cccc(F)c1. The van der Waals surface area contributed by atoms with Crippen LogP contribution in [0.3, 0.4) is 0 Å². The Labute approximate surface area is 103 Å². The van der Waals surface area contributed by atoms with Crippen molar-refractivity contribution in [3.8, 4) is 17.4 Å². The molecule has 0 atom stereocenters. The van der Waals surface area contributed by atoms with Crippen molar-refractivity contribution in [2.45, 2.75) is 0 Å². The van der Waals surface area contributed by atoms with Crippen molar-refractivity contribution in [1.82, 2.24) is 9.97 Å². The van der Waals surface area contributed by atoms with Crippen LogP contribution in [0.5, 0.6) is 17.4 Å². The van der Waals surface area contributed by atoms with E-state index < -0.39 is 5.82 Å². The summed E-state index contributed by atoms with van der Waals surface area (Å²) in [6.45, 7) is 0. The molecule has 1 heterocycles. The highest BCUT2D eigenvalue weighted by molar-refractivity contribution is 5.55. The topological polar surface area (TPSA) is 82.3 Å². The van der Waals surface area contributed by atoms with Gasteiger partial charge in [-0.15, -0.1) is 0 Å². The third-order valence-corrected chi connectivity index (χ3v) is 2.12. The summed E-state index contributed by atoms with van der Waals surface area (Å²) < 4.78 is 23.5. The van der Waals surface area contributed by atoms with Crippen LogP contribution in [0.4, 0.5) is 10.2 Å². The van der Waals surface area contributed by atoms with E-state index in [1.165, 1.54) is 31.6 Å². The maximum Gasteiger partial charge on any atom is 0.268 e. The molecule has 0 bridgehead atoms. The normalized spacial score (nSPS) is 9.94. The number of benzene rings is 1. The Kier molecular flexibility index (Phi) is 3.54. The summed E-state index contributed by atoms with van der Waals surface area (Å²) in [5, 5.41) is 0. The van der Waals surface area contributed by atoms with Crippen molar-refractivity contribution in [3.63, 3.8) is 0 Å². The van der Waals surface area contributed by atoms with Gasteiger partial charge in [0.1, 0.15) is 17.9 Å². The lowest BCUT2D eigenvalue weighted by Gasteiger charge is -2.11. The summed E-state index contributed by atoms with van der Waals surface area (Å²) in [5.41, 5.74) is 2.35.